The average molecular weight is 404 g/mol. The fraction of sp³-hybridized carbons (Fsp3) is 0.476. The third kappa shape index (κ3) is 8.63. The summed E-state index contributed by atoms with van der Waals surface area (Å²) in [6.45, 7) is 5.79. The number of aromatic nitrogens is 1. The van der Waals surface area contributed by atoms with Crippen LogP contribution in [-0.4, -0.2) is 30.4 Å². The first kappa shape index (κ1) is 22.0. The van der Waals surface area contributed by atoms with Gasteiger partial charge in [0.1, 0.15) is 0 Å². The minimum Gasteiger partial charge on any atom is -0.466 e. The number of nitrogens with zero attached hydrogens (tertiary/aromatic N) is 2. The van der Waals surface area contributed by atoms with Crippen molar-refractivity contribution in [1.82, 2.24) is 4.98 Å². The topological polar surface area (TPSA) is 72.8 Å². The fourth-order valence-electron chi connectivity index (χ4n) is 2.55. The smallest absolute Gasteiger partial charge is 0.311 e. The van der Waals surface area contributed by atoms with E-state index in [-0.39, 0.29) is 12.4 Å². The van der Waals surface area contributed by atoms with Gasteiger partial charge in [-0.25, -0.2) is 4.98 Å². The Morgan fingerprint density at radius 2 is 2.18 bits per heavy atom. The van der Waals surface area contributed by atoms with Crippen molar-refractivity contribution >= 4 is 28.7 Å². The average Bonchev–Trinajstić information content (AvgIpc) is 3.12. The number of hydrazone groups is 1. The molecule has 0 unspecified atom stereocenters. The van der Waals surface area contributed by atoms with Crippen LogP contribution < -0.4 is 5.43 Å². The Kier molecular flexibility index (Phi) is 10.2. The van der Waals surface area contributed by atoms with E-state index in [0.717, 1.165) is 24.2 Å². The van der Waals surface area contributed by atoms with E-state index < -0.39 is 0 Å². The number of rotatable bonds is 13. The molecule has 152 valence electrons. The van der Waals surface area contributed by atoms with E-state index >= 15 is 0 Å². The molecule has 6 nitrogen and oxygen atoms in total. The maximum atomic E-state index is 11.5. The van der Waals surface area contributed by atoms with E-state index in [1.54, 1.807) is 13.1 Å². The molecule has 1 aromatic carbocycles. The zero-order valence-corrected chi connectivity index (χ0v) is 17.5. The monoisotopic (exact) mass is 403 g/mol. The first-order chi connectivity index (χ1) is 13.7. The molecule has 0 saturated heterocycles. The summed E-state index contributed by atoms with van der Waals surface area (Å²) in [5.74, 6) is -0.271. The molecule has 2 rings (SSSR count). The lowest BCUT2D eigenvalue weighted by atomic mass is 10.1. The van der Waals surface area contributed by atoms with Crippen LogP contribution in [0.15, 0.2) is 34.7 Å². The molecule has 1 heterocycles. The molecule has 0 saturated carbocycles. The Morgan fingerprint density at radius 3 is 3.00 bits per heavy atom. The highest BCUT2D eigenvalue weighted by atomic mass is 32.1. The summed E-state index contributed by atoms with van der Waals surface area (Å²) in [5.41, 5.74) is 5.70. The number of thiazole rings is 1. The van der Waals surface area contributed by atoms with Crippen molar-refractivity contribution in [3.05, 3.63) is 46.5 Å². The molecular formula is C21H29N3O3S. The van der Waals surface area contributed by atoms with Gasteiger partial charge >= 0.3 is 5.97 Å². The maximum Gasteiger partial charge on any atom is 0.311 e. The third-order valence-corrected chi connectivity index (χ3v) is 4.71. The standard InChI is InChI=1S/C21H29N3O3S/c1-3-5-6-7-11-26-15-18-10-8-9-17(12-18)14-22-24-21-23-19(16-28-21)13-20(25)27-4-2/h8-10,12,14,16H,3-7,11,13,15H2,1-2H3,(H,23,24). The van der Waals surface area contributed by atoms with E-state index in [9.17, 15) is 4.79 Å². The summed E-state index contributed by atoms with van der Waals surface area (Å²) in [7, 11) is 0. The minimum absolute atomic E-state index is 0.177. The van der Waals surface area contributed by atoms with Crippen molar-refractivity contribution in [3.8, 4) is 0 Å². The van der Waals surface area contributed by atoms with Crippen molar-refractivity contribution in [2.24, 2.45) is 5.10 Å². The number of nitrogens with one attached hydrogen (secondary N) is 1. The van der Waals surface area contributed by atoms with E-state index in [1.807, 2.05) is 17.5 Å². The summed E-state index contributed by atoms with van der Waals surface area (Å²) in [6, 6.07) is 8.10. The number of carbonyl (C=O) groups is 1. The van der Waals surface area contributed by atoms with Crippen LogP contribution in [0.25, 0.3) is 0 Å². The molecule has 2 aromatic rings. The van der Waals surface area contributed by atoms with Crippen LogP contribution in [-0.2, 0) is 27.3 Å². The van der Waals surface area contributed by atoms with Gasteiger partial charge in [0.05, 0.1) is 31.5 Å². The summed E-state index contributed by atoms with van der Waals surface area (Å²) in [5, 5.41) is 6.70. The van der Waals surface area contributed by atoms with Gasteiger partial charge in [0.2, 0.25) is 5.13 Å². The summed E-state index contributed by atoms with van der Waals surface area (Å²) < 4.78 is 10.7. The predicted molar refractivity (Wildman–Crippen MR) is 114 cm³/mol. The Morgan fingerprint density at radius 1 is 1.29 bits per heavy atom. The molecule has 0 bridgehead atoms. The van der Waals surface area contributed by atoms with Crippen LogP contribution >= 0.6 is 11.3 Å². The number of ether oxygens (including phenoxy) is 2. The SMILES string of the molecule is CCCCCCOCc1cccc(C=NNc2nc(CC(=O)OCC)cs2)c1. The van der Waals surface area contributed by atoms with Gasteiger partial charge in [0.25, 0.3) is 0 Å². The normalized spacial score (nSPS) is 11.1. The van der Waals surface area contributed by atoms with Crippen molar-refractivity contribution in [3.63, 3.8) is 0 Å². The Hall–Kier alpha value is -2.25. The van der Waals surface area contributed by atoms with Crippen LogP contribution in [0.4, 0.5) is 5.13 Å². The van der Waals surface area contributed by atoms with Gasteiger partial charge in [-0.15, -0.1) is 11.3 Å². The summed E-state index contributed by atoms with van der Waals surface area (Å²) >= 11 is 1.40. The van der Waals surface area contributed by atoms with Gasteiger partial charge in [-0.1, -0.05) is 44.4 Å². The Bertz CT molecular complexity index is 746. The largest absolute Gasteiger partial charge is 0.466 e. The molecule has 7 heteroatoms. The fourth-order valence-corrected chi connectivity index (χ4v) is 3.20. The van der Waals surface area contributed by atoms with E-state index in [1.165, 1.54) is 30.6 Å². The van der Waals surface area contributed by atoms with Gasteiger partial charge < -0.3 is 9.47 Å². The van der Waals surface area contributed by atoms with Crippen LogP contribution in [0.3, 0.4) is 0 Å². The van der Waals surface area contributed by atoms with Gasteiger partial charge in [-0.3, -0.25) is 10.2 Å². The molecule has 0 amide bonds. The molecule has 0 spiro atoms. The molecule has 0 aliphatic heterocycles. The zero-order valence-electron chi connectivity index (χ0n) is 16.6. The van der Waals surface area contributed by atoms with Gasteiger partial charge in [0, 0.05) is 12.0 Å². The van der Waals surface area contributed by atoms with Crippen molar-refractivity contribution in [1.29, 1.82) is 0 Å². The highest BCUT2D eigenvalue weighted by Crippen LogP contribution is 2.16. The molecule has 0 aliphatic carbocycles. The molecule has 1 N–H and O–H groups in total. The van der Waals surface area contributed by atoms with Crippen molar-refractivity contribution in [2.75, 3.05) is 18.6 Å². The Labute approximate surface area is 171 Å². The van der Waals surface area contributed by atoms with Crippen molar-refractivity contribution in [2.45, 2.75) is 52.6 Å². The van der Waals surface area contributed by atoms with Gasteiger partial charge in [-0.05, 0) is 30.5 Å². The molecule has 1 aromatic heterocycles. The predicted octanol–water partition coefficient (Wildman–Crippen LogP) is 4.79. The number of benzene rings is 1. The second-order valence-electron chi connectivity index (χ2n) is 6.35. The first-order valence-electron chi connectivity index (χ1n) is 9.77. The molecule has 28 heavy (non-hydrogen) atoms. The number of anilines is 1. The van der Waals surface area contributed by atoms with Gasteiger partial charge in [0.15, 0.2) is 0 Å². The van der Waals surface area contributed by atoms with Crippen LogP contribution in [0.1, 0.15) is 56.4 Å². The molecule has 0 radical (unpaired) electrons. The number of hydrogen-bond acceptors (Lipinski definition) is 7. The van der Waals surface area contributed by atoms with Crippen LogP contribution in [0, 0.1) is 0 Å². The number of carbonyl (C=O) groups excluding carboxylic acids is 1. The van der Waals surface area contributed by atoms with E-state index in [0.29, 0.717) is 24.0 Å². The molecular weight excluding hydrogens is 374 g/mol. The zero-order chi connectivity index (χ0) is 20.0. The minimum atomic E-state index is -0.271. The van der Waals surface area contributed by atoms with Crippen molar-refractivity contribution < 1.29 is 14.3 Å². The maximum absolute atomic E-state index is 11.5. The summed E-state index contributed by atoms with van der Waals surface area (Å²) in [6.07, 6.45) is 6.78. The van der Waals surface area contributed by atoms with Gasteiger partial charge in [-0.2, -0.15) is 5.10 Å². The number of esters is 1. The number of hydrogen-bond donors (Lipinski definition) is 1. The second kappa shape index (κ2) is 13.0. The number of unbranched alkanes of at least 4 members (excludes halogenated alkanes) is 3. The lowest BCUT2D eigenvalue weighted by molar-refractivity contribution is -0.142. The Balaban J connectivity index is 1.76. The quantitative estimate of drug-likeness (QED) is 0.225. The second-order valence-corrected chi connectivity index (χ2v) is 7.21. The lowest BCUT2D eigenvalue weighted by Crippen LogP contribution is -2.07. The van der Waals surface area contributed by atoms with E-state index in [4.69, 9.17) is 9.47 Å². The third-order valence-electron chi connectivity index (χ3n) is 3.92. The highest BCUT2D eigenvalue weighted by molar-refractivity contribution is 7.13. The highest BCUT2D eigenvalue weighted by Gasteiger charge is 2.07. The molecule has 0 fully saturated rings. The van der Waals surface area contributed by atoms with Crippen LogP contribution in [0.2, 0.25) is 0 Å². The summed E-state index contributed by atoms with van der Waals surface area (Å²) in [4.78, 5) is 15.8. The van der Waals surface area contributed by atoms with Crippen LogP contribution in [0.5, 0.6) is 0 Å². The molecule has 0 atom stereocenters. The molecule has 0 aliphatic rings. The lowest BCUT2D eigenvalue weighted by Gasteiger charge is -2.05. The van der Waals surface area contributed by atoms with E-state index in [2.05, 4.69) is 34.6 Å². The first-order valence-corrected chi connectivity index (χ1v) is 10.6.